The molecular formula is C13H21NO3. The van der Waals surface area contributed by atoms with Gasteiger partial charge in [-0.2, -0.15) is 0 Å². The zero-order valence-corrected chi connectivity index (χ0v) is 10.2. The fraction of sp³-hybridized carbons (Fsp3) is 0.846. The van der Waals surface area contributed by atoms with Gasteiger partial charge in [0.15, 0.2) is 0 Å². The molecule has 0 saturated heterocycles. The van der Waals surface area contributed by atoms with Crippen LogP contribution in [-0.4, -0.2) is 23.5 Å². The van der Waals surface area contributed by atoms with E-state index in [1.54, 1.807) is 0 Å². The molecule has 4 nitrogen and oxygen atoms in total. The second kappa shape index (κ2) is 5.52. The molecule has 2 rings (SSSR count). The second-order valence-electron chi connectivity index (χ2n) is 5.43. The molecule has 0 unspecified atom stereocenters. The summed E-state index contributed by atoms with van der Waals surface area (Å²) in [6, 6.07) is 0. The van der Waals surface area contributed by atoms with Gasteiger partial charge in [0.1, 0.15) is 0 Å². The van der Waals surface area contributed by atoms with E-state index in [2.05, 4.69) is 5.32 Å². The van der Waals surface area contributed by atoms with E-state index in [-0.39, 0.29) is 17.7 Å². The number of rotatable bonds is 4. The zero-order valence-electron chi connectivity index (χ0n) is 10.2. The van der Waals surface area contributed by atoms with E-state index in [9.17, 15) is 9.59 Å². The summed E-state index contributed by atoms with van der Waals surface area (Å²) in [6.07, 6.45) is 6.54. The van der Waals surface area contributed by atoms with Crippen molar-refractivity contribution in [1.82, 2.24) is 5.32 Å². The van der Waals surface area contributed by atoms with Crippen molar-refractivity contribution in [2.45, 2.75) is 44.9 Å². The van der Waals surface area contributed by atoms with Crippen molar-refractivity contribution in [3.63, 3.8) is 0 Å². The molecule has 2 saturated carbocycles. The maximum absolute atomic E-state index is 11.9. The Balaban J connectivity index is 1.68. The highest BCUT2D eigenvalue weighted by molar-refractivity contribution is 5.79. The van der Waals surface area contributed by atoms with E-state index in [0.717, 1.165) is 19.4 Å². The number of carbonyl (C=O) groups excluding carboxylic acids is 1. The molecule has 0 atom stereocenters. The summed E-state index contributed by atoms with van der Waals surface area (Å²) < 4.78 is 0. The first-order chi connectivity index (χ1) is 8.16. The minimum Gasteiger partial charge on any atom is -0.481 e. The Hall–Kier alpha value is -1.06. The van der Waals surface area contributed by atoms with Crippen LogP contribution in [0.3, 0.4) is 0 Å². The Labute approximate surface area is 102 Å². The Morgan fingerprint density at radius 1 is 1.00 bits per heavy atom. The number of hydrogen-bond acceptors (Lipinski definition) is 2. The van der Waals surface area contributed by atoms with Gasteiger partial charge in [0.2, 0.25) is 5.91 Å². The van der Waals surface area contributed by atoms with Crippen molar-refractivity contribution in [3.05, 3.63) is 0 Å². The van der Waals surface area contributed by atoms with E-state index < -0.39 is 5.97 Å². The van der Waals surface area contributed by atoms with Gasteiger partial charge in [0, 0.05) is 12.5 Å². The molecule has 0 aliphatic heterocycles. The van der Waals surface area contributed by atoms with Gasteiger partial charge in [-0.1, -0.05) is 6.42 Å². The number of carbonyl (C=O) groups is 2. The second-order valence-corrected chi connectivity index (χ2v) is 5.43. The monoisotopic (exact) mass is 239 g/mol. The molecule has 4 heteroatoms. The molecule has 2 aliphatic rings. The molecule has 2 fully saturated rings. The molecule has 0 radical (unpaired) electrons. The molecule has 17 heavy (non-hydrogen) atoms. The van der Waals surface area contributed by atoms with Crippen LogP contribution in [0.15, 0.2) is 0 Å². The first-order valence-electron chi connectivity index (χ1n) is 6.67. The van der Waals surface area contributed by atoms with Crippen molar-refractivity contribution < 1.29 is 14.7 Å². The molecule has 0 heterocycles. The molecule has 96 valence electrons. The van der Waals surface area contributed by atoms with Crippen LogP contribution in [0.5, 0.6) is 0 Å². The molecule has 0 aromatic rings. The lowest BCUT2D eigenvalue weighted by molar-refractivity contribution is -0.144. The Kier molecular flexibility index (Phi) is 4.02. The third-order valence-corrected chi connectivity index (χ3v) is 4.24. The fourth-order valence-corrected chi connectivity index (χ4v) is 2.69. The number of hydrogen-bond donors (Lipinski definition) is 2. The number of carboxylic acids is 1. The minimum atomic E-state index is -0.710. The average Bonchev–Trinajstić information content (AvgIpc) is 2.27. The summed E-state index contributed by atoms with van der Waals surface area (Å²) in [5, 5.41) is 11.9. The van der Waals surface area contributed by atoms with Gasteiger partial charge < -0.3 is 10.4 Å². The van der Waals surface area contributed by atoms with Crippen molar-refractivity contribution in [2.75, 3.05) is 6.54 Å². The van der Waals surface area contributed by atoms with Gasteiger partial charge in [0.05, 0.1) is 5.92 Å². The summed E-state index contributed by atoms with van der Waals surface area (Å²) in [5.41, 5.74) is 0. The summed E-state index contributed by atoms with van der Waals surface area (Å²) in [6.45, 7) is 0.817. The van der Waals surface area contributed by atoms with E-state index in [1.165, 1.54) is 19.3 Å². The number of carboxylic acid groups (broad SMARTS) is 1. The number of amides is 1. The van der Waals surface area contributed by atoms with Crippen LogP contribution in [-0.2, 0) is 9.59 Å². The van der Waals surface area contributed by atoms with Gasteiger partial charge in [-0.05, 0) is 44.4 Å². The third-order valence-electron chi connectivity index (χ3n) is 4.24. The van der Waals surface area contributed by atoms with E-state index in [4.69, 9.17) is 5.11 Å². The van der Waals surface area contributed by atoms with E-state index >= 15 is 0 Å². The summed E-state index contributed by atoms with van der Waals surface area (Å²) in [5.74, 6) is -0.0651. The highest BCUT2D eigenvalue weighted by Gasteiger charge is 2.30. The minimum absolute atomic E-state index is 0.0469. The molecule has 0 bridgehead atoms. The normalized spacial score (nSPS) is 29.4. The standard InChI is InChI=1S/C13H21NO3/c15-12(14-8-9-2-1-3-9)10-4-6-11(7-5-10)13(16)17/h9-11H,1-8H2,(H,14,15)(H,16,17). The molecule has 1 amide bonds. The largest absolute Gasteiger partial charge is 0.481 e. The first kappa shape index (κ1) is 12.4. The lowest BCUT2D eigenvalue weighted by Crippen LogP contribution is -2.38. The maximum Gasteiger partial charge on any atom is 0.306 e. The predicted molar refractivity (Wildman–Crippen MR) is 63.4 cm³/mol. The predicted octanol–water partition coefficient (Wildman–Crippen LogP) is 1.79. The highest BCUT2D eigenvalue weighted by atomic mass is 16.4. The molecule has 2 aliphatic carbocycles. The summed E-state index contributed by atoms with van der Waals surface area (Å²) in [4.78, 5) is 22.7. The van der Waals surface area contributed by atoms with Crippen molar-refractivity contribution in [3.8, 4) is 0 Å². The average molecular weight is 239 g/mol. The Bertz CT molecular complexity index is 291. The van der Waals surface area contributed by atoms with Gasteiger partial charge >= 0.3 is 5.97 Å². The molecule has 0 aromatic heterocycles. The van der Waals surface area contributed by atoms with E-state index in [0.29, 0.717) is 18.8 Å². The van der Waals surface area contributed by atoms with Crippen LogP contribution >= 0.6 is 0 Å². The van der Waals surface area contributed by atoms with Crippen LogP contribution < -0.4 is 5.32 Å². The van der Waals surface area contributed by atoms with Crippen molar-refractivity contribution in [1.29, 1.82) is 0 Å². The van der Waals surface area contributed by atoms with Crippen LogP contribution in [0, 0.1) is 17.8 Å². The van der Waals surface area contributed by atoms with Crippen LogP contribution in [0.25, 0.3) is 0 Å². The summed E-state index contributed by atoms with van der Waals surface area (Å²) in [7, 11) is 0. The highest BCUT2D eigenvalue weighted by Crippen LogP contribution is 2.29. The molecule has 0 spiro atoms. The lowest BCUT2D eigenvalue weighted by Gasteiger charge is -2.28. The van der Waals surface area contributed by atoms with E-state index in [1.807, 2.05) is 0 Å². The lowest BCUT2D eigenvalue weighted by atomic mass is 9.81. The van der Waals surface area contributed by atoms with Crippen LogP contribution in [0.1, 0.15) is 44.9 Å². The van der Waals surface area contributed by atoms with Gasteiger partial charge in [-0.25, -0.2) is 0 Å². The quantitative estimate of drug-likeness (QED) is 0.786. The Morgan fingerprint density at radius 3 is 2.06 bits per heavy atom. The Morgan fingerprint density at radius 2 is 1.59 bits per heavy atom. The smallest absolute Gasteiger partial charge is 0.306 e. The SMILES string of the molecule is O=C(O)C1CCC(C(=O)NCC2CCC2)CC1. The molecule has 2 N–H and O–H groups in total. The molecule has 0 aromatic carbocycles. The van der Waals surface area contributed by atoms with Crippen LogP contribution in [0.2, 0.25) is 0 Å². The zero-order chi connectivity index (χ0) is 12.3. The topological polar surface area (TPSA) is 66.4 Å². The molecular weight excluding hydrogens is 218 g/mol. The fourth-order valence-electron chi connectivity index (χ4n) is 2.69. The van der Waals surface area contributed by atoms with Crippen LogP contribution in [0.4, 0.5) is 0 Å². The van der Waals surface area contributed by atoms with Gasteiger partial charge in [0.25, 0.3) is 0 Å². The number of aliphatic carboxylic acids is 1. The van der Waals surface area contributed by atoms with Crippen molar-refractivity contribution in [2.24, 2.45) is 17.8 Å². The maximum atomic E-state index is 11.9. The number of nitrogens with one attached hydrogen (secondary N) is 1. The first-order valence-corrected chi connectivity index (χ1v) is 6.67. The van der Waals surface area contributed by atoms with Gasteiger partial charge in [-0.3, -0.25) is 9.59 Å². The summed E-state index contributed by atoms with van der Waals surface area (Å²) >= 11 is 0. The van der Waals surface area contributed by atoms with Crippen molar-refractivity contribution >= 4 is 11.9 Å². The third kappa shape index (κ3) is 3.20. The van der Waals surface area contributed by atoms with Gasteiger partial charge in [-0.15, -0.1) is 0 Å².